The Bertz CT molecular complexity index is 120. The van der Waals surface area contributed by atoms with Crippen molar-refractivity contribution in [2.24, 2.45) is 0 Å². The summed E-state index contributed by atoms with van der Waals surface area (Å²) in [5.41, 5.74) is 0. The molecule has 0 heterocycles. The smallest absolute Gasteiger partial charge is 0.302 e. The molecule has 0 amide bonds. The summed E-state index contributed by atoms with van der Waals surface area (Å²) < 4.78 is 4.75. The van der Waals surface area contributed by atoms with Gasteiger partial charge in [0.05, 0.1) is 6.10 Å². The van der Waals surface area contributed by atoms with Crippen LogP contribution in [0.5, 0.6) is 0 Å². The first-order valence-electron chi connectivity index (χ1n) is 3.27. The van der Waals surface area contributed by atoms with Crippen molar-refractivity contribution >= 4 is 12.3 Å². The van der Waals surface area contributed by atoms with Gasteiger partial charge in [-0.1, -0.05) is 0 Å². The van der Waals surface area contributed by atoms with Crippen molar-refractivity contribution in [2.45, 2.75) is 32.8 Å². The zero-order valence-electron chi connectivity index (χ0n) is 6.29. The molecule has 0 aliphatic carbocycles. The zero-order chi connectivity index (χ0) is 7.98. The van der Waals surface area contributed by atoms with Gasteiger partial charge in [-0.15, -0.1) is 0 Å². The Morgan fingerprint density at radius 1 is 1.70 bits per heavy atom. The van der Waals surface area contributed by atoms with Crippen LogP contribution in [0.15, 0.2) is 0 Å². The first-order chi connectivity index (χ1) is 4.66. The molecule has 0 fully saturated rings. The molecule has 0 aromatic heterocycles. The van der Waals surface area contributed by atoms with Crippen LogP contribution >= 0.6 is 0 Å². The topological polar surface area (TPSA) is 43.4 Å². The van der Waals surface area contributed by atoms with Gasteiger partial charge < -0.3 is 9.53 Å². The third-order valence-electron chi connectivity index (χ3n) is 1.06. The molecular weight excluding hydrogens is 132 g/mol. The fourth-order valence-corrected chi connectivity index (χ4v) is 0.645. The number of hydrogen-bond donors (Lipinski definition) is 0. The summed E-state index contributed by atoms with van der Waals surface area (Å²) in [6.45, 7) is 3.13. The SMILES string of the molecule is CC(=O)OC(C)CCC=O. The molecule has 0 rings (SSSR count). The van der Waals surface area contributed by atoms with E-state index in [-0.39, 0.29) is 12.1 Å². The van der Waals surface area contributed by atoms with Gasteiger partial charge in [-0.3, -0.25) is 4.79 Å². The van der Waals surface area contributed by atoms with Gasteiger partial charge in [0.2, 0.25) is 0 Å². The van der Waals surface area contributed by atoms with Gasteiger partial charge >= 0.3 is 5.97 Å². The maximum atomic E-state index is 10.3. The first kappa shape index (κ1) is 9.14. The Morgan fingerprint density at radius 3 is 2.70 bits per heavy atom. The van der Waals surface area contributed by atoms with E-state index in [9.17, 15) is 9.59 Å². The fraction of sp³-hybridized carbons (Fsp3) is 0.714. The monoisotopic (exact) mass is 144 g/mol. The Balaban J connectivity index is 3.33. The van der Waals surface area contributed by atoms with Gasteiger partial charge in [0, 0.05) is 13.3 Å². The van der Waals surface area contributed by atoms with E-state index in [1.165, 1.54) is 6.92 Å². The number of ether oxygens (including phenoxy) is 1. The molecule has 0 saturated heterocycles. The van der Waals surface area contributed by atoms with Crippen molar-refractivity contribution in [3.05, 3.63) is 0 Å². The molecule has 3 heteroatoms. The van der Waals surface area contributed by atoms with Crippen LogP contribution in [0.1, 0.15) is 26.7 Å². The van der Waals surface area contributed by atoms with Crippen LogP contribution < -0.4 is 0 Å². The summed E-state index contributed by atoms with van der Waals surface area (Å²) in [6.07, 6.45) is 1.75. The van der Waals surface area contributed by atoms with Crippen LogP contribution in [0.4, 0.5) is 0 Å². The molecule has 3 nitrogen and oxygen atoms in total. The molecule has 0 radical (unpaired) electrons. The van der Waals surface area contributed by atoms with Crippen LogP contribution in [0.3, 0.4) is 0 Å². The van der Waals surface area contributed by atoms with E-state index in [2.05, 4.69) is 0 Å². The molecule has 0 N–H and O–H groups in total. The van der Waals surface area contributed by atoms with Crippen LogP contribution in [0.2, 0.25) is 0 Å². The van der Waals surface area contributed by atoms with Gasteiger partial charge in [0.15, 0.2) is 0 Å². The Hall–Kier alpha value is -0.860. The molecular formula is C7H12O3. The molecule has 1 atom stereocenters. The summed E-state index contributed by atoms with van der Waals surface area (Å²) in [6, 6.07) is 0. The van der Waals surface area contributed by atoms with Crippen molar-refractivity contribution in [2.75, 3.05) is 0 Å². The van der Waals surface area contributed by atoms with Crippen LogP contribution in [0, 0.1) is 0 Å². The minimum absolute atomic E-state index is 0.136. The fourth-order valence-electron chi connectivity index (χ4n) is 0.645. The third kappa shape index (κ3) is 5.28. The average molecular weight is 144 g/mol. The largest absolute Gasteiger partial charge is 0.463 e. The predicted molar refractivity (Wildman–Crippen MR) is 36.5 cm³/mol. The zero-order valence-corrected chi connectivity index (χ0v) is 6.29. The van der Waals surface area contributed by atoms with E-state index in [4.69, 9.17) is 4.74 Å². The minimum Gasteiger partial charge on any atom is -0.463 e. The van der Waals surface area contributed by atoms with Gasteiger partial charge in [-0.2, -0.15) is 0 Å². The van der Waals surface area contributed by atoms with Gasteiger partial charge in [0.1, 0.15) is 6.29 Å². The van der Waals surface area contributed by atoms with E-state index >= 15 is 0 Å². The number of rotatable bonds is 4. The minimum atomic E-state index is -0.293. The molecule has 0 aliphatic heterocycles. The summed E-state index contributed by atoms with van der Waals surface area (Å²) in [5.74, 6) is -0.293. The van der Waals surface area contributed by atoms with Crippen molar-refractivity contribution in [3.63, 3.8) is 0 Å². The highest BCUT2D eigenvalue weighted by molar-refractivity contribution is 5.66. The normalized spacial score (nSPS) is 12.2. The number of esters is 1. The molecule has 58 valence electrons. The van der Waals surface area contributed by atoms with E-state index in [1.807, 2.05) is 0 Å². The highest BCUT2D eigenvalue weighted by Gasteiger charge is 2.02. The van der Waals surface area contributed by atoms with E-state index in [1.54, 1.807) is 6.92 Å². The standard InChI is InChI=1S/C7H12O3/c1-6(4-3-5-8)10-7(2)9/h5-6H,3-4H2,1-2H3. The number of carbonyl (C=O) groups excluding carboxylic acids is 2. The second-order valence-corrected chi connectivity index (χ2v) is 2.16. The predicted octanol–water partition coefficient (Wildman–Crippen LogP) is 0.917. The lowest BCUT2D eigenvalue weighted by Gasteiger charge is -2.08. The van der Waals surface area contributed by atoms with E-state index < -0.39 is 0 Å². The van der Waals surface area contributed by atoms with Crippen molar-refractivity contribution in [3.8, 4) is 0 Å². The maximum absolute atomic E-state index is 10.3. The molecule has 1 unspecified atom stereocenters. The second-order valence-electron chi connectivity index (χ2n) is 2.16. The molecule has 0 aromatic carbocycles. The number of carbonyl (C=O) groups is 2. The second kappa shape index (κ2) is 4.97. The molecule has 10 heavy (non-hydrogen) atoms. The van der Waals surface area contributed by atoms with E-state index in [0.717, 1.165) is 6.29 Å². The Morgan fingerprint density at radius 2 is 2.30 bits per heavy atom. The number of hydrogen-bond acceptors (Lipinski definition) is 3. The van der Waals surface area contributed by atoms with Crippen molar-refractivity contribution in [1.82, 2.24) is 0 Å². The summed E-state index contributed by atoms with van der Waals surface area (Å²) in [5, 5.41) is 0. The lowest BCUT2D eigenvalue weighted by atomic mass is 10.2. The van der Waals surface area contributed by atoms with Crippen LogP contribution in [-0.4, -0.2) is 18.4 Å². The summed E-state index contributed by atoms with van der Waals surface area (Å²) in [7, 11) is 0. The molecule has 0 saturated carbocycles. The highest BCUT2D eigenvalue weighted by Crippen LogP contribution is 1.99. The van der Waals surface area contributed by atoms with Gasteiger partial charge in [-0.25, -0.2) is 0 Å². The molecule has 0 aromatic rings. The quantitative estimate of drug-likeness (QED) is 0.435. The van der Waals surface area contributed by atoms with Gasteiger partial charge in [0.25, 0.3) is 0 Å². The Kier molecular flexibility index (Phi) is 4.54. The summed E-state index contributed by atoms with van der Waals surface area (Å²) in [4.78, 5) is 20.2. The molecule has 0 spiro atoms. The average Bonchev–Trinajstić information content (AvgIpc) is 1.82. The Labute approximate surface area is 60.4 Å². The van der Waals surface area contributed by atoms with E-state index in [0.29, 0.717) is 12.8 Å². The lowest BCUT2D eigenvalue weighted by molar-refractivity contribution is -0.146. The van der Waals surface area contributed by atoms with Crippen molar-refractivity contribution in [1.29, 1.82) is 0 Å². The first-order valence-corrected chi connectivity index (χ1v) is 3.27. The van der Waals surface area contributed by atoms with Crippen LogP contribution in [0.25, 0.3) is 0 Å². The van der Waals surface area contributed by atoms with Crippen molar-refractivity contribution < 1.29 is 14.3 Å². The summed E-state index contributed by atoms with van der Waals surface area (Å²) >= 11 is 0. The lowest BCUT2D eigenvalue weighted by Crippen LogP contribution is -2.11. The third-order valence-corrected chi connectivity index (χ3v) is 1.06. The van der Waals surface area contributed by atoms with Gasteiger partial charge in [-0.05, 0) is 13.3 Å². The number of aldehydes is 1. The molecule has 0 aliphatic rings. The molecule has 0 bridgehead atoms. The maximum Gasteiger partial charge on any atom is 0.302 e. The van der Waals surface area contributed by atoms with Crippen LogP contribution in [-0.2, 0) is 14.3 Å². The highest BCUT2D eigenvalue weighted by atomic mass is 16.5.